The first-order valence-electron chi connectivity index (χ1n) is 8.03. The second kappa shape index (κ2) is 7.11. The van der Waals surface area contributed by atoms with Gasteiger partial charge >= 0.3 is 0 Å². The highest BCUT2D eigenvalue weighted by Gasteiger charge is 2.29. The van der Waals surface area contributed by atoms with E-state index in [1.54, 1.807) is 19.1 Å². The molecular formula is C19H18N2O3S2. The summed E-state index contributed by atoms with van der Waals surface area (Å²) in [4.78, 5) is 10.4. The minimum atomic E-state index is -1.18. The molecule has 0 aliphatic heterocycles. The summed E-state index contributed by atoms with van der Waals surface area (Å²) in [7, 11) is 0. The molecule has 3 aromatic rings. The quantitative estimate of drug-likeness (QED) is 0.315. The zero-order chi connectivity index (χ0) is 18.9. The Morgan fingerprint density at radius 3 is 2.38 bits per heavy atom. The van der Waals surface area contributed by atoms with Gasteiger partial charge in [0.05, 0.1) is 16.9 Å². The first kappa shape index (κ1) is 18.4. The summed E-state index contributed by atoms with van der Waals surface area (Å²) in [5.74, 6) is 0. The Hall–Kier alpha value is -2.35. The molecule has 1 N–H and O–H groups in total. The van der Waals surface area contributed by atoms with Gasteiger partial charge in [-0.2, -0.15) is 4.57 Å². The molecule has 0 fully saturated rings. The zero-order valence-electron chi connectivity index (χ0n) is 14.4. The van der Waals surface area contributed by atoms with Gasteiger partial charge in [0.15, 0.2) is 10.7 Å². The van der Waals surface area contributed by atoms with E-state index in [9.17, 15) is 15.2 Å². The maximum atomic E-state index is 11.0. The van der Waals surface area contributed by atoms with Crippen LogP contribution in [-0.2, 0) is 24.7 Å². The van der Waals surface area contributed by atoms with Crippen LogP contribution < -0.4 is 4.57 Å². The lowest BCUT2D eigenvalue weighted by Gasteiger charge is -2.22. The van der Waals surface area contributed by atoms with Crippen molar-refractivity contribution in [3.05, 3.63) is 81.0 Å². The van der Waals surface area contributed by atoms with Crippen LogP contribution in [0.1, 0.15) is 23.2 Å². The number of aromatic nitrogens is 1. The van der Waals surface area contributed by atoms with Crippen LogP contribution >= 0.6 is 11.3 Å². The van der Waals surface area contributed by atoms with E-state index in [1.165, 1.54) is 23.5 Å². The fourth-order valence-electron chi connectivity index (χ4n) is 2.87. The van der Waals surface area contributed by atoms with E-state index in [0.717, 1.165) is 20.6 Å². The smallest absolute Gasteiger partial charge is 0.269 e. The van der Waals surface area contributed by atoms with Crippen molar-refractivity contribution in [3.8, 4) is 5.69 Å². The standard InChI is InChI=1S/C19H18N2O3S2/c1-13-18(25)26-17(20(13)15-6-4-3-5-7-15)12-19(2,22)14-8-10-16(11-9-14)21(23)24/h3-11,22H,12H2,1-2H3. The van der Waals surface area contributed by atoms with E-state index >= 15 is 0 Å². The molecule has 0 amide bonds. The molecule has 7 heteroatoms. The van der Waals surface area contributed by atoms with Crippen molar-refractivity contribution >= 4 is 29.7 Å². The molecule has 5 nitrogen and oxygen atoms in total. The highest BCUT2D eigenvalue weighted by molar-refractivity contribution is 7.62. The number of hydrogen-bond acceptors (Lipinski definition) is 5. The molecule has 26 heavy (non-hydrogen) atoms. The Balaban J connectivity index is 1.97. The van der Waals surface area contributed by atoms with Gasteiger partial charge in [-0.3, -0.25) is 21.5 Å². The minimum Gasteiger partial charge on any atom is -0.422 e. The van der Waals surface area contributed by atoms with Crippen molar-refractivity contribution in [2.75, 3.05) is 0 Å². The van der Waals surface area contributed by atoms with E-state index < -0.39 is 10.5 Å². The molecule has 0 saturated carbocycles. The molecule has 1 aromatic heterocycles. The predicted octanol–water partition coefficient (Wildman–Crippen LogP) is 3.60. The minimum absolute atomic E-state index is 0.00344. The molecule has 1 atom stereocenters. The number of thiazole rings is 1. The monoisotopic (exact) mass is 386 g/mol. The third kappa shape index (κ3) is 3.60. The van der Waals surface area contributed by atoms with Crippen molar-refractivity contribution < 1.29 is 14.6 Å². The normalized spacial score (nSPS) is 13.3. The topological polar surface area (TPSA) is 67.2 Å². The number of nitrogens with zero attached hydrogens (tertiary/aromatic N) is 2. The van der Waals surface area contributed by atoms with Crippen molar-refractivity contribution in [2.45, 2.75) is 30.1 Å². The van der Waals surface area contributed by atoms with Crippen molar-refractivity contribution in [3.63, 3.8) is 0 Å². The predicted molar refractivity (Wildman–Crippen MR) is 103 cm³/mol. The summed E-state index contributed by atoms with van der Waals surface area (Å²) in [6, 6.07) is 15.9. The van der Waals surface area contributed by atoms with Crippen LogP contribution in [0.3, 0.4) is 0 Å². The third-order valence-electron chi connectivity index (χ3n) is 4.30. The summed E-state index contributed by atoms with van der Waals surface area (Å²) in [6.45, 7) is 3.68. The average Bonchev–Trinajstić information content (AvgIpc) is 2.89. The SMILES string of the molecule is Cc1c([S-])sc(CC(C)(O)c2ccc([N+](=O)[O-])cc2)[n+]1-c1ccccc1. The summed E-state index contributed by atoms with van der Waals surface area (Å²) < 4.78 is 2.84. The van der Waals surface area contributed by atoms with Crippen LogP contribution in [0.2, 0.25) is 0 Å². The van der Waals surface area contributed by atoms with Crippen molar-refractivity contribution in [1.82, 2.24) is 0 Å². The van der Waals surface area contributed by atoms with Crippen LogP contribution in [-0.4, -0.2) is 10.0 Å². The van der Waals surface area contributed by atoms with Gasteiger partial charge in [-0.1, -0.05) is 18.2 Å². The number of hydrogen-bond donors (Lipinski definition) is 1. The van der Waals surface area contributed by atoms with Gasteiger partial charge < -0.3 is 17.7 Å². The number of rotatable bonds is 5. The Kier molecular flexibility index (Phi) is 5.04. The Labute approximate surface area is 161 Å². The third-order valence-corrected chi connectivity index (χ3v) is 5.89. The van der Waals surface area contributed by atoms with Gasteiger partial charge in [0.1, 0.15) is 0 Å². The molecule has 0 aliphatic rings. The van der Waals surface area contributed by atoms with Crippen LogP contribution in [0.25, 0.3) is 5.69 Å². The number of non-ortho nitro benzene ring substituents is 1. The van der Waals surface area contributed by atoms with E-state index in [1.807, 2.05) is 37.3 Å². The lowest BCUT2D eigenvalue weighted by molar-refractivity contribution is -0.607. The van der Waals surface area contributed by atoms with Crippen molar-refractivity contribution in [2.24, 2.45) is 0 Å². The van der Waals surface area contributed by atoms with E-state index in [2.05, 4.69) is 4.57 Å². The molecule has 1 heterocycles. The van der Waals surface area contributed by atoms with Gasteiger partial charge in [0.2, 0.25) is 5.69 Å². The molecular weight excluding hydrogens is 368 g/mol. The van der Waals surface area contributed by atoms with Crippen LogP contribution in [0.5, 0.6) is 0 Å². The van der Waals surface area contributed by atoms with Crippen LogP contribution in [0, 0.1) is 17.0 Å². The molecule has 3 rings (SSSR count). The van der Waals surface area contributed by atoms with Gasteiger partial charge in [-0.15, -0.1) is 0 Å². The fourth-order valence-corrected chi connectivity index (χ4v) is 4.39. The average molecular weight is 386 g/mol. The summed E-state index contributed by atoms with van der Waals surface area (Å²) in [6.07, 6.45) is 0.349. The molecule has 0 spiro atoms. The molecule has 0 aliphatic carbocycles. The number of aliphatic hydroxyl groups is 1. The Morgan fingerprint density at radius 1 is 1.19 bits per heavy atom. The lowest BCUT2D eigenvalue weighted by Crippen LogP contribution is -2.39. The van der Waals surface area contributed by atoms with Gasteiger partial charge in [-0.05, 0) is 28.8 Å². The largest absolute Gasteiger partial charge is 0.422 e. The summed E-state index contributed by atoms with van der Waals surface area (Å²) in [5, 5.41) is 22.8. The fraction of sp³-hybridized carbons (Fsp3) is 0.211. The number of nitro groups is 1. The first-order valence-corrected chi connectivity index (χ1v) is 9.26. The molecule has 2 aromatic carbocycles. The maximum absolute atomic E-state index is 11.0. The number of para-hydroxylation sites is 1. The van der Waals surface area contributed by atoms with Crippen molar-refractivity contribution in [1.29, 1.82) is 0 Å². The molecule has 134 valence electrons. The van der Waals surface area contributed by atoms with Gasteiger partial charge in [0, 0.05) is 31.2 Å². The molecule has 1 unspecified atom stereocenters. The van der Waals surface area contributed by atoms with Gasteiger partial charge in [-0.25, -0.2) is 0 Å². The molecule has 0 bridgehead atoms. The van der Waals surface area contributed by atoms with E-state index in [-0.39, 0.29) is 5.69 Å². The van der Waals surface area contributed by atoms with E-state index in [4.69, 9.17) is 12.6 Å². The summed E-state index contributed by atoms with van der Waals surface area (Å²) >= 11 is 6.93. The highest BCUT2D eigenvalue weighted by Crippen LogP contribution is 2.29. The van der Waals surface area contributed by atoms with Gasteiger partial charge in [0.25, 0.3) is 5.69 Å². The second-order valence-electron chi connectivity index (χ2n) is 6.29. The summed E-state index contributed by atoms with van der Waals surface area (Å²) in [5.41, 5.74) is 1.41. The molecule has 0 radical (unpaired) electrons. The lowest BCUT2D eigenvalue weighted by atomic mass is 9.92. The first-order chi connectivity index (χ1) is 12.3. The van der Waals surface area contributed by atoms with Crippen LogP contribution in [0.15, 0.2) is 58.8 Å². The maximum Gasteiger partial charge on any atom is 0.269 e. The Morgan fingerprint density at radius 2 is 1.81 bits per heavy atom. The van der Waals surface area contributed by atoms with E-state index in [0.29, 0.717) is 12.0 Å². The second-order valence-corrected chi connectivity index (χ2v) is 8.04. The van der Waals surface area contributed by atoms with Crippen LogP contribution in [0.4, 0.5) is 5.69 Å². The zero-order valence-corrected chi connectivity index (χ0v) is 16.0. The highest BCUT2D eigenvalue weighted by atomic mass is 32.2. The Bertz CT molecular complexity index is 935. The molecule has 0 saturated heterocycles. The number of nitro benzene ring substituents is 1. The number of benzene rings is 2.